The first-order valence-electron chi connectivity index (χ1n) is 3.23. The highest BCUT2D eigenvalue weighted by Gasteiger charge is 2.14. The number of hydrogen-bond acceptors (Lipinski definition) is 3. The van der Waals surface area contributed by atoms with E-state index in [1.54, 1.807) is 6.19 Å². The molecule has 1 heterocycles. The van der Waals surface area contributed by atoms with E-state index in [0.29, 0.717) is 0 Å². The molecule has 2 amide bonds. The zero-order valence-corrected chi connectivity index (χ0v) is 6.24. The van der Waals surface area contributed by atoms with Crippen LogP contribution in [0.5, 0.6) is 0 Å². The van der Waals surface area contributed by atoms with E-state index in [2.05, 4.69) is 15.6 Å². The molecule has 1 fully saturated rings. The van der Waals surface area contributed by atoms with E-state index >= 15 is 0 Å². The molecular formula is C5H8N6O. The number of carbonyl (C=O) groups is 1. The Morgan fingerprint density at radius 1 is 1.67 bits per heavy atom. The summed E-state index contributed by atoms with van der Waals surface area (Å²) in [4.78, 5) is 15.4. The summed E-state index contributed by atoms with van der Waals surface area (Å²) in [6, 6.07) is -0.254. The Labute approximate surface area is 68.8 Å². The lowest BCUT2D eigenvalue weighted by Gasteiger charge is -2.27. The van der Waals surface area contributed by atoms with Crippen molar-refractivity contribution in [3.63, 3.8) is 0 Å². The molecule has 1 aliphatic heterocycles. The summed E-state index contributed by atoms with van der Waals surface area (Å²) < 4.78 is 0. The van der Waals surface area contributed by atoms with Crippen molar-refractivity contribution in [3.05, 3.63) is 0 Å². The molecule has 0 atom stereocenters. The number of nitriles is 1. The number of aliphatic imine (C=N–C) groups is 1. The lowest BCUT2D eigenvalue weighted by atomic mass is 10.6. The summed E-state index contributed by atoms with van der Waals surface area (Å²) in [7, 11) is 0. The number of urea groups is 1. The van der Waals surface area contributed by atoms with Gasteiger partial charge in [-0.2, -0.15) is 5.26 Å². The zero-order valence-electron chi connectivity index (χ0n) is 6.24. The van der Waals surface area contributed by atoms with Crippen LogP contribution in [0.2, 0.25) is 0 Å². The van der Waals surface area contributed by atoms with Crippen LogP contribution in [0, 0.1) is 11.5 Å². The molecule has 0 unspecified atom stereocenters. The Morgan fingerprint density at radius 3 is 2.75 bits per heavy atom. The Balaban J connectivity index is 2.51. The Morgan fingerprint density at radius 2 is 2.25 bits per heavy atom. The van der Waals surface area contributed by atoms with Gasteiger partial charge in [0.05, 0.1) is 13.3 Å². The van der Waals surface area contributed by atoms with Crippen molar-refractivity contribution in [1.82, 2.24) is 15.5 Å². The van der Waals surface area contributed by atoms with Gasteiger partial charge in [-0.15, -0.1) is 4.99 Å². The number of nitrogens with two attached hydrogens (primary N) is 1. The van der Waals surface area contributed by atoms with Crippen molar-refractivity contribution in [1.29, 1.82) is 5.26 Å². The van der Waals surface area contributed by atoms with Crippen LogP contribution < -0.4 is 16.4 Å². The predicted octanol–water partition coefficient (Wildman–Crippen LogP) is -1.69. The van der Waals surface area contributed by atoms with Crippen LogP contribution in [0.4, 0.5) is 4.79 Å². The maximum absolute atomic E-state index is 10.6. The van der Waals surface area contributed by atoms with Gasteiger partial charge in [0.15, 0.2) is 0 Å². The van der Waals surface area contributed by atoms with Crippen molar-refractivity contribution < 1.29 is 4.79 Å². The molecule has 0 aromatic rings. The van der Waals surface area contributed by atoms with Crippen LogP contribution in [0.15, 0.2) is 4.99 Å². The van der Waals surface area contributed by atoms with Crippen LogP contribution in [0.1, 0.15) is 0 Å². The third-order valence-electron chi connectivity index (χ3n) is 1.35. The molecule has 0 spiro atoms. The van der Waals surface area contributed by atoms with E-state index < -0.39 is 0 Å². The smallest absolute Gasteiger partial charge is 0.317 e. The van der Waals surface area contributed by atoms with Gasteiger partial charge >= 0.3 is 6.03 Å². The van der Waals surface area contributed by atoms with E-state index in [1.165, 1.54) is 4.90 Å². The molecule has 1 saturated heterocycles. The van der Waals surface area contributed by atoms with Crippen molar-refractivity contribution in [2.24, 2.45) is 10.7 Å². The predicted molar refractivity (Wildman–Crippen MR) is 40.5 cm³/mol. The second kappa shape index (κ2) is 3.43. The van der Waals surface area contributed by atoms with E-state index in [0.717, 1.165) is 0 Å². The first kappa shape index (κ1) is 8.13. The molecule has 0 radical (unpaired) electrons. The summed E-state index contributed by atoms with van der Waals surface area (Å²) in [6.45, 7) is 0.533. The summed E-state index contributed by atoms with van der Waals surface area (Å²) in [6.07, 6.45) is 1.56. The van der Waals surface area contributed by atoms with Crippen LogP contribution in [-0.2, 0) is 0 Å². The van der Waals surface area contributed by atoms with E-state index in [4.69, 9.17) is 11.0 Å². The van der Waals surface area contributed by atoms with E-state index in [9.17, 15) is 4.79 Å². The number of hydrogen-bond donors (Lipinski definition) is 3. The maximum Gasteiger partial charge on any atom is 0.317 e. The second-order valence-corrected chi connectivity index (χ2v) is 2.11. The third kappa shape index (κ3) is 1.76. The molecule has 4 N–H and O–H groups in total. The number of nitrogens with zero attached hydrogens (tertiary/aromatic N) is 3. The average molecular weight is 168 g/mol. The Hall–Kier alpha value is -1.97. The first-order valence-corrected chi connectivity index (χ1v) is 3.23. The minimum Gasteiger partial charge on any atom is -0.369 e. The van der Waals surface area contributed by atoms with Crippen molar-refractivity contribution >= 4 is 12.0 Å². The van der Waals surface area contributed by atoms with Crippen molar-refractivity contribution in [2.45, 2.75) is 0 Å². The van der Waals surface area contributed by atoms with E-state index in [1.807, 2.05) is 0 Å². The second-order valence-electron chi connectivity index (χ2n) is 2.11. The third-order valence-corrected chi connectivity index (χ3v) is 1.35. The molecule has 0 aliphatic carbocycles. The molecule has 1 aliphatic rings. The number of amides is 2. The number of rotatable bonds is 0. The molecule has 7 nitrogen and oxygen atoms in total. The fourth-order valence-corrected chi connectivity index (χ4v) is 0.737. The number of guanidine groups is 1. The zero-order chi connectivity index (χ0) is 8.97. The van der Waals surface area contributed by atoms with Gasteiger partial charge in [0.25, 0.3) is 0 Å². The van der Waals surface area contributed by atoms with Crippen LogP contribution in [0.3, 0.4) is 0 Å². The monoisotopic (exact) mass is 168 g/mol. The molecule has 0 aromatic heterocycles. The van der Waals surface area contributed by atoms with Gasteiger partial charge in [-0.1, -0.05) is 0 Å². The lowest BCUT2D eigenvalue weighted by molar-refractivity contribution is 0.215. The van der Waals surface area contributed by atoms with Gasteiger partial charge in [-0.05, 0) is 0 Å². The van der Waals surface area contributed by atoms with Crippen LogP contribution in [-0.4, -0.2) is 30.2 Å². The van der Waals surface area contributed by atoms with Crippen LogP contribution >= 0.6 is 0 Å². The summed E-state index contributed by atoms with van der Waals surface area (Å²) in [5, 5.41) is 13.1. The van der Waals surface area contributed by atoms with Crippen LogP contribution in [0.25, 0.3) is 0 Å². The van der Waals surface area contributed by atoms with Gasteiger partial charge in [-0.25, -0.2) is 4.79 Å². The number of carbonyl (C=O) groups excluding carboxylic acids is 1. The largest absolute Gasteiger partial charge is 0.369 e. The maximum atomic E-state index is 10.6. The minimum absolute atomic E-state index is 0.0880. The van der Waals surface area contributed by atoms with Gasteiger partial charge in [0.1, 0.15) is 0 Å². The SMILES string of the molecule is N#CN=C(N)N1CNC(=O)NC1. The molecule has 64 valence electrons. The minimum atomic E-state index is -0.254. The summed E-state index contributed by atoms with van der Waals surface area (Å²) in [5.74, 6) is 0.0880. The lowest BCUT2D eigenvalue weighted by Crippen LogP contribution is -2.57. The molecule has 1 rings (SSSR count). The van der Waals surface area contributed by atoms with Gasteiger partial charge in [0, 0.05) is 0 Å². The highest BCUT2D eigenvalue weighted by Crippen LogP contribution is 1.88. The highest BCUT2D eigenvalue weighted by molar-refractivity contribution is 5.82. The van der Waals surface area contributed by atoms with Gasteiger partial charge < -0.3 is 21.3 Å². The molecule has 7 heteroatoms. The van der Waals surface area contributed by atoms with E-state index in [-0.39, 0.29) is 25.3 Å². The van der Waals surface area contributed by atoms with Crippen molar-refractivity contribution in [2.75, 3.05) is 13.3 Å². The fourth-order valence-electron chi connectivity index (χ4n) is 0.737. The first-order chi connectivity index (χ1) is 5.74. The number of nitrogens with one attached hydrogen (secondary N) is 2. The summed E-state index contributed by atoms with van der Waals surface area (Å²) in [5.41, 5.74) is 5.37. The standard InChI is InChI=1S/C5H8N6O/c6-1-8-4(7)11-2-9-5(12)10-3-11/h2-3H2,(H2,7,8)(H2,9,10,12). The molecular weight excluding hydrogens is 160 g/mol. The Bertz CT molecular complexity index is 243. The van der Waals surface area contributed by atoms with Gasteiger partial charge in [0.2, 0.25) is 12.2 Å². The highest BCUT2D eigenvalue weighted by atomic mass is 16.2. The van der Waals surface area contributed by atoms with Gasteiger partial charge in [-0.3, -0.25) is 0 Å². The normalized spacial score (nSPS) is 17.8. The van der Waals surface area contributed by atoms with Crippen molar-refractivity contribution in [3.8, 4) is 6.19 Å². The Kier molecular flexibility index (Phi) is 2.32. The average Bonchev–Trinajstić information content (AvgIpc) is 2.06. The molecule has 0 saturated carbocycles. The molecule has 12 heavy (non-hydrogen) atoms. The summed E-state index contributed by atoms with van der Waals surface area (Å²) >= 11 is 0. The molecule has 0 aromatic carbocycles. The fraction of sp³-hybridized carbons (Fsp3) is 0.400. The molecule has 0 bridgehead atoms. The quantitative estimate of drug-likeness (QED) is 0.228. The topological polar surface area (TPSA) is 107 Å².